The average molecular weight is 222 g/mol. The van der Waals surface area contributed by atoms with Crippen LogP contribution in [0.5, 0.6) is 0 Å². The number of rotatable bonds is 0. The quantitative estimate of drug-likeness (QED) is 0.479. The predicted molar refractivity (Wildman–Crippen MR) is 3.61 cm³/mol. The molecule has 4 heteroatoms. The van der Waals surface area contributed by atoms with Gasteiger partial charge in [-0.1, -0.05) is 0 Å². The molecule has 1 radical (unpaired) electrons. The maximum absolute atomic E-state index is 0. The van der Waals surface area contributed by atoms with Crippen LogP contribution in [0, 0.1) is 0 Å². The van der Waals surface area contributed by atoms with Crippen molar-refractivity contribution in [1.82, 2.24) is 0 Å². The zero-order valence-corrected chi connectivity index (χ0v) is 6.21. The van der Waals surface area contributed by atoms with Crippen LogP contribution < -0.4 is 0 Å². The van der Waals surface area contributed by atoms with Crippen LogP contribution in [0.15, 0.2) is 0 Å². The fourth-order valence-corrected chi connectivity index (χ4v) is 0. The van der Waals surface area contributed by atoms with Gasteiger partial charge < -0.3 is 5.48 Å². The van der Waals surface area contributed by atoms with E-state index >= 15 is 0 Å². The Morgan fingerprint density at radius 2 is 1.00 bits per heavy atom. The predicted octanol–water partition coefficient (Wildman–Crippen LogP) is -0.832. The molecule has 0 aliphatic heterocycles. The van der Waals surface area contributed by atoms with Crippen molar-refractivity contribution >= 4 is 0 Å². The van der Waals surface area contributed by atoms with E-state index in [0.29, 0.717) is 0 Å². The Balaban J connectivity index is 0. The van der Waals surface area contributed by atoms with E-state index in [1.807, 2.05) is 0 Å². The summed E-state index contributed by atoms with van der Waals surface area (Å²) in [5.41, 5.74) is 0. The molecule has 0 amide bonds. The van der Waals surface area contributed by atoms with Gasteiger partial charge in [0.05, 0.1) is 0 Å². The summed E-state index contributed by atoms with van der Waals surface area (Å²) in [5, 5.41) is 0. The molecule has 0 saturated carbocycles. The van der Waals surface area contributed by atoms with Gasteiger partial charge in [0.15, 0.2) is 0 Å². The maximum Gasteiger partial charge on any atom is 0 e. The van der Waals surface area contributed by atoms with Crippen molar-refractivity contribution in [2.75, 3.05) is 0 Å². The molecule has 0 atom stereocenters. The topological polar surface area (TPSA) is 31.5 Å². The monoisotopic (exact) mass is 223 g/mol. The van der Waals surface area contributed by atoms with Crippen molar-refractivity contribution in [3.05, 3.63) is 0 Å². The van der Waals surface area contributed by atoms with Gasteiger partial charge in [-0.15, -0.1) is 0 Å². The first kappa shape index (κ1) is 40.9. The van der Waals surface area contributed by atoms with Crippen molar-refractivity contribution < 1.29 is 63.7 Å². The summed E-state index contributed by atoms with van der Waals surface area (Å²) < 4.78 is 0. The van der Waals surface area contributed by atoms with Gasteiger partial charge in [-0.05, 0) is 0 Å². The van der Waals surface area contributed by atoms with Crippen molar-refractivity contribution in [3.63, 3.8) is 0 Å². The Kier molecular flexibility index (Phi) is 217. The van der Waals surface area contributed by atoms with E-state index in [1.54, 1.807) is 0 Å². The molecule has 2 N–H and O–H groups in total. The molecule has 27 valence electrons. The van der Waals surface area contributed by atoms with Crippen molar-refractivity contribution in [1.29, 1.82) is 0 Å². The molecule has 0 aromatic heterocycles. The van der Waals surface area contributed by atoms with Crippen LogP contribution in [0.25, 0.3) is 0 Å². The van der Waals surface area contributed by atoms with Crippen LogP contribution in [-0.2, 0) is 58.3 Å². The van der Waals surface area contributed by atoms with E-state index in [-0.39, 0.29) is 63.7 Å². The molecule has 0 saturated heterocycles. The maximum atomic E-state index is 0. The summed E-state index contributed by atoms with van der Waals surface area (Å²) in [6.45, 7) is 0. The first-order chi connectivity index (χ1) is 0. The van der Waals surface area contributed by atoms with Gasteiger partial charge in [0.2, 0.25) is 0 Å². The van der Waals surface area contributed by atoms with Gasteiger partial charge in [-0.2, -0.15) is 0 Å². The summed E-state index contributed by atoms with van der Waals surface area (Å²) in [7, 11) is 0. The van der Waals surface area contributed by atoms with Gasteiger partial charge >= 0.3 is 0 Å². The van der Waals surface area contributed by atoms with Crippen LogP contribution in [0.4, 0.5) is 0 Å². The first-order valence-corrected chi connectivity index (χ1v) is 0. The molecular formula is H2MnORuTi. The molecule has 0 aromatic rings. The minimum absolute atomic E-state index is 0. The minimum Gasteiger partial charge on any atom is -0.412 e. The molecule has 0 bridgehead atoms. The summed E-state index contributed by atoms with van der Waals surface area (Å²) in [6.07, 6.45) is 0. The Hall–Kier alpha value is 1.82. The Morgan fingerprint density at radius 1 is 1.00 bits per heavy atom. The normalized spacial score (nSPS) is 0. The molecule has 4 heavy (non-hydrogen) atoms. The molecule has 0 aliphatic carbocycles. The third kappa shape index (κ3) is 9.17. The van der Waals surface area contributed by atoms with E-state index in [0.717, 1.165) is 0 Å². The van der Waals surface area contributed by atoms with Crippen LogP contribution >= 0.6 is 0 Å². The molecule has 1 nitrogen and oxygen atoms in total. The zero-order valence-electron chi connectivity index (χ0n) is 1.73. The molecule has 0 rings (SSSR count). The summed E-state index contributed by atoms with van der Waals surface area (Å²) in [4.78, 5) is 0. The van der Waals surface area contributed by atoms with Crippen LogP contribution in [0.3, 0.4) is 0 Å². The second-order valence-corrected chi connectivity index (χ2v) is 0. The minimum atomic E-state index is 0. The number of hydrogen-bond acceptors (Lipinski definition) is 0. The first-order valence-electron chi connectivity index (χ1n) is 0. The third-order valence-corrected chi connectivity index (χ3v) is 0. The standard InChI is InChI=1S/Mn.H2O.Ru.Ti/h;1H2;;. The molecule has 0 heterocycles. The fourth-order valence-electron chi connectivity index (χ4n) is 0. The van der Waals surface area contributed by atoms with E-state index in [1.165, 1.54) is 0 Å². The van der Waals surface area contributed by atoms with E-state index in [9.17, 15) is 0 Å². The Labute approximate surface area is 63.3 Å². The largest absolute Gasteiger partial charge is 0.412 e. The van der Waals surface area contributed by atoms with Crippen molar-refractivity contribution in [2.45, 2.75) is 0 Å². The molecule has 0 unspecified atom stereocenters. The average Bonchev–Trinajstić information content (AvgIpc) is 0. The zero-order chi connectivity index (χ0) is 0. The van der Waals surface area contributed by atoms with E-state index in [4.69, 9.17) is 0 Å². The van der Waals surface area contributed by atoms with Gasteiger partial charge in [0.1, 0.15) is 0 Å². The van der Waals surface area contributed by atoms with E-state index < -0.39 is 0 Å². The molecule has 0 spiro atoms. The van der Waals surface area contributed by atoms with Gasteiger partial charge in [-0.25, -0.2) is 0 Å². The third-order valence-electron chi connectivity index (χ3n) is 0. The summed E-state index contributed by atoms with van der Waals surface area (Å²) in [6, 6.07) is 0. The summed E-state index contributed by atoms with van der Waals surface area (Å²) in [5.74, 6) is 0. The van der Waals surface area contributed by atoms with Crippen molar-refractivity contribution in [2.24, 2.45) is 0 Å². The molecule has 0 aromatic carbocycles. The smallest absolute Gasteiger partial charge is 0 e. The fraction of sp³-hybridized carbons (Fsp3) is 0. The van der Waals surface area contributed by atoms with Crippen LogP contribution in [0.2, 0.25) is 0 Å². The van der Waals surface area contributed by atoms with Crippen molar-refractivity contribution in [3.8, 4) is 0 Å². The number of hydrogen-bond donors (Lipinski definition) is 0. The molecular weight excluding hydrogens is 220 g/mol. The van der Waals surface area contributed by atoms with Gasteiger partial charge in [-0.3, -0.25) is 0 Å². The summed E-state index contributed by atoms with van der Waals surface area (Å²) >= 11 is 0. The van der Waals surface area contributed by atoms with E-state index in [2.05, 4.69) is 0 Å². The molecule has 0 fully saturated rings. The van der Waals surface area contributed by atoms with Gasteiger partial charge in [0.25, 0.3) is 0 Å². The Morgan fingerprint density at radius 3 is 1.00 bits per heavy atom. The van der Waals surface area contributed by atoms with Crippen LogP contribution in [-0.4, -0.2) is 5.48 Å². The molecule has 0 aliphatic rings. The van der Waals surface area contributed by atoms with Gasteiger partial charge in [0, 0.05) is 58.3 Å². The second kappa shape index (κ2) is 21.3. The Bertz CT molecular complexity index is 8.00. The van der Waals surface area contributed by atoms with Crippen LogP contribution in [0.1, 0.15) is 0 Å². The second-order valence-electron chi connectivity index (χ2n) is 0. The SMILES string of the molecule is O.[Mn].[Ru].[Ti].